The van der Waals surface area contributed by atoms with Gasteiger partial charge >= 0.3 is 0 Å². The molecular formula is C18H29NO. The SMILES string of the molecule is CCCCCCCCC(NC)C1Cc2ccccc2O1. The predicted molar refractivity (Wildman–Crippen MR) is 85.4 cm³/mol. The maximum Gasteiger partial charge on any atom is 0.123 e. The van der Waals surface area contributed by atoms with Crippen molar-refractivity contribution in [3.63, 3.8) is 0 Å². The molecule has 20 heavy (non-hydrogen) atoms. The van der Waals surface area contributed by atoms with E-state index in [4.69, 9.17) is 4.74 Å². The van der Waals surface area contributed by atoms with Gasteiger partial charge < -0.3 is 10.1 Å². The highest BCUT2D eigenvalue weighted by atomic mass is 16.5. The van der Waals surface area contributed by atoms with Crippen LogP contribution in [0.15, 0.2) is 24.3 Å². The summed E-state index contributed by atoms with van der Waals surface area (Å²) in [7, 11) is 2.06. The van der Waals surface area contributed by atoms with Gasteiger partial charge in [0, 0.05) is 12.5 Å². The Balaban J connectivity index is 1.71. The fourth-order valence-corrected chi connectivity index (χ4v) is 3.09. The van der Waals surface area contributed by atoms with Crippen molar-refractivity contribution in [1.29, 1.82) is 0 Å². The van der Waals surface area contributed by atoms with Crippen molar-refractivity contribution in [2.24, 2.45) is 0 Å². The first-order valence-electron chi connectivity index (χ1n) is 8.27. The highest BCUT2D eigenvalue weighted by Gasteiger charge is 2.28. The molecule has 112 valence electrons. The van der Waals surface area contributed by atoms with Gasteiger partial charge in [0.05, 0.1) is 0 Å². The lowest BCUT2D eigenvalue weighted by Gasteiger charge is -2.22. The first-order valence-corrected chi connectivity index (χ1v) is 8.27. The summed E-state index contributed by atoms with van der Waals surface area (Å²) in [4.78, 5) is 0. The van der Waals surface area contributed by atoms with Crippen LogP contribution in [0.25, 0.3) is 0 Å². The zero-order chi connectivity index (χ0) is 14.2. The summed E-state index contributed by atoms with van der Waals surface area (Å²) in [6.45, 7) is 2.27. The minimum Gasteiger partial charge on any atom is -0.488 e. The third-order valence-electron chi connectivity index (χ3n) is 4.36. The number of likely N-dealkylation sites (N-methyl/N-ethyl adjacent to an activating group) is 1. The largest absolute Gasteiger partial charge is 0.488 e. The van der Waals surface area contributed by atoms with E-state index >= 15 is 0 Å². The number of fused-ring (bicyclic) bond motifs is 1. The van der Waals surface area contributed by atoms with Gasteiger partial charge in [0.15, 0.2) is 0 Å². The Morgan fingerprint density at radius 3 is 2.65 bits per heavy atom. The van der Waals surface area contributed by atoms with Crippen LogP contribution in [0.1, 0.15) is 57.4 Å². The van der Waals surface area contributed by atoms with Gasteiger partial charge in [-0.25, -0.2) is 0 Å². The summed E-state index contributed by atoms with van der Waals surface area (Å²) in [6.07, 6.45) is 10.8. The molecule has 0 saturated heterocycles. The molecule has 0 saturated carbocycles. The van der Waals surface area contributed by atoms with Gasteiger partial charge in [0.1, 0.15) is 11.9 Å². The Hall–Kier alpha value is -1.02. The molecule has 0 spiro atoms. The summed E-state index contributed by atoms with van der Waals surface area (Å²) in [5.74, 6) is 1.08. The van der Waals surface area contributed by atoms with Gasteiger partial charge in [-0.15, -0.1) is 0 Å². The van der Waals surface area contributed by atoms with Crippen molar-refractivity contribution in [2.75, 3.05) is 7.05 Å². The average Bonchev–Trinajstić information content (AvgIpc) is 2.90. The van der Waals surface area contributed by atoms with Gasteiger partial charge in [-0.05, 0) is 25.1 Å². The molecule has 2 nitrogen and oxygen atoms in total. The van der Waals surface area contributed by atoms with E-state index in [1.165, 1.54) is 50.5 Å². The Bertz CT molecular complexity index is 366. The van der Waals surface area contributed by atoms with E-state index in [1.807, 2.05) is 0 Å². The van der Waals surface area contributed by atoms with Crippen LogP contribution in [-0.4, -0.2) is 19.2 Å². The number of para-hydroxylation sites is 1. The third-order valence-corrected chi connectivity index (χ3v) is 4.36. The fourth-order valence-electron chi connectivity index (χ4n) is 3.09. The van der Waals surface area contributed by atoms with Crippen LogP contribution in [0, 0.1) is 0 Å². The van der Waals surface area contributed by atoms with Crippen LogP contribution in [0.5, 0.6) is 5.75 Å². The topological polar surface area (TPSA) is 21.3 Å². The van der Waals surface area contributed by atoms with Gasteiger partial charge in [-0.3, -0.25) is 0 Å². The van der Waals surface area contributed by atoms with E-state index < -0.39 is 0 Å². The standard InChI is InChI=1S/C18H29NO/c1-3-4-5-6-7-8-12-16(19-2)18-14-15-11-9-10-13-17(15)20-18/h9-11,13,16,18-19H,3-8,12,14H2,1-2H3. The zero-order valence-corrected chi connectivity index (χ0v) is 13.0. The van der Waals surface area contributed by atoms with E-state index in [9.17, 15) is 0 Å². The maximum atomic E-state index is 6.09. The van der Waals surface area contributed by atoms with Crippen LogP contribution >= 0.6 is 0 Å². The maximum absolute atomic E-state index is 6.09. The number of rotatable bonds is 9. The zero-order valence-electron chi connectivity index (χ0n) is 13.0. The van der Waals surface area contributed by atoms with Crippen LogP contribution in [0.2, 0.25) is 0 Å². The molecule has 1 N–H and O–H groups in total. The molecule has 2 heteroatoms. The monoisotopic (exact) mass is 275 g/mol. The van der Waals surface area contributed by atoms with Gasteiger partial charge in [0.2, 0.25) is 0 Å². The second-order valence-corrected chi connectivity index (χ2v) is 5.92. The fraction of sp³-hybridized carbons (Fsp3) is 0.667. The molecule has 2 unspecified atom stereocenters. The number of nitrogens with one attached hydrogen (secondary N) is 1. The van der Waals surface area contributed by atoms with Crippen molar-refractivity contribution in [2.45, 2.75) is 70.4 Å². The van der Waals surface area contributed by atoms with Gasteiger partial charge in [-0.2, -0.15) is 0 Å². The van der Waals surface area contributed by atoms with Crippen molar-refractivity contribution < 1.29 is 4.74 Å². The van der Waals surface area contributed by atoms with Crippen molar-refractivity contribution in [3.8, 4) is 5.75 Å². The second-order valence-electron chi connectivity index (χ2n) is 5.92. The summed E-state index contributed by atoms with van der Waals surface area (Å²) >= 11 is 0. The average molecular weight is 275 g/mol. The molecule has 0 amide bonds. The highest BCUT2D eigenvalue weighted by molar-refractivity contribution is 5.37. The van der Waals surface area contributed by atoms with Gasteiger partial charge in [-0.1, -0.05) is 63.6 Å². The third kappa shape index (κ3) is 4.24. The Morgan fingerprint density at radius 2 is 1.90 bits per heavy atom. The molecule has 0 fully saturated rings. The molecule has 1 aliphatic rings. The summed E-state index contributed by atoms with van der Waals surface area (Å²) in [5, 5.41) is 3.46. The van der Waals surface area contributed by atoms with E-state index in [-0.39, 0.29) is 0 Å². The normalized spacial score (nSPS) is 18.6. The molecule has 2 rings (SSSR count). The van der Waals surface area contributed by atoms with Crippen molar-refractivity contribution >= 4 is 0 Å². The highest BCUT2D eigenvalue weighted by Crippen LogP contribution is 2.30. The van der Waals surface area contributed by atoms with E-state index in [1.54, 1.807) is 0 Å². The lowest BCUT2D eigenvalue weighted by Crippen LogP contribution is -2.40. The van der Waals surface area contributed by atoms with E-state index in [0.717, 1.165) is 12.2 Å². The Morgan fingerprint density at radius 1 is 1.15 bits per heavy atom. The quantitative estimate of drug-likeness (QED) is 0.677. The molecule has 0 bridgehead atoms. The minimum absolute atomic E-state index is 0.313. The predicted octanol–water partition coefficient (Wildman–Crippen LogP) is 4.33. The van der Waals surface area contributed by atoms with Crippen LogP contribution in [0.4, 0.5) is 0 Å². The first-order chi connectivity index (χ1) is 9.85. The Kier molecular flexibility index (Phi) is 6.38. The number of benzene rings is 1. The summed E-state index contributed by atoms with van der Waals surface area (Å²) in [6, 6.07) is 8.92. The van der Waals surface area contributed by atoms with Crippen molar-refractivity contribution in [3.05, 3.63) is 29.8 Å². The molecule has 0 radical (unpaired) electrons. The molecule has 1 heterocycles. The van der Waals surface area contributed by atoms with Crippen molar-refractivity contribution in [1.82, 2.24) is 5.32 Å². The molecule has 0 aromatic heterocycles. The van der Waals surface area contributed by atoms with E-state index in [2.05, 4.69) is 43.6 Å². The molecule has 0 aliphatic carbocycles. The lowest BCUT2D eigenvalue weighted by molar-refractivity contribution is 0.174. The lowest BCUT2D eigenvalue weighted by atomic mass is 9.99. The second kappa shape index (κ2) is 8.31. The number of hydrogen-bond acceptors (Lipinski definition) is 2. The van der Waals surface area contributed by atoms with Crippen LogP contribution < -0.4 is 10.1 Å². The van der Waals surface area contributed by atoms with Crippen LogP contribution in [-0.2, 0) is 6.42 Å². The molecule has 2 atom stereocenters. The molecule has 1 aromatic carbocycles. The van der Waals surface area contributed by atoms with E-state index in [0.29, 0.717) is 12.1 Å². The molecule has 1 aliphatic heterocycles. The number of hydrogen-bond donors (Lipinski definition) is 1. The minimum atomic E-state index is 0.313. The first kappa shape index (κ1) is 15.4. The summed E-state index contributed by atoms with van der Waals surface area (Å²) < 4.78 is 6.09. The summed E-state index contributed by atoms with van der Waals surface area (Å²) in [5.41, 5.74) is 1.36. The molecular weight excluding hydrogens is 246 g/mol. The Labute approximate surface area is 123 Å². The number of ether oxygens (including phenoxy) is 1. The smallest absolute Gasteiger partial charge is 0.123 e. The van der Waals surface area contributed by atoms with Gasteiger partial charge in [0.25, 0.3) is 0 Å². The number of unbranched alkanes of at least 4 members (excludes halogenated alkanes) is 5. The van der Waals surface area contributed by atoms with Crippen LogP contribution in [0.3, 0.4) is 0 Å². The molecule has 1 aromatic rings.